The third-order valence-electron chi connectivity index (χ3n) is 4.13. The van der Waals surface area contributed by atoms with Crippen molar-refractivity contribution in [2.75, 3.05) is 13.7 Å². The molecule has 2 amide bonds. The van der Waals surface area contributed by atoms with E-state index in [1.54, 1.807) is 30.3 Å². The molecule has 29 heavy (non-hydrogen) atoms. The molecule has 0 aromatic heterocycles. The second-order valence-corrected chi connectivity index (χ2v) is 7.91. The number of rotatable bonds is 6. The summed E-state index contributed by atoms with van der Waals surface area (Å²) in [6.45, 7) is 2.49. The maximum Gasteiger partial charge on any atom is 0.293 e. The highest BCUT2D eigenvalue weighted by atomic mass is 79.9. The fourth-order valence-electron chi connectivity index (χ4n) is 2.68. The van der Waals surface area contributed by atoms with E-state index in [0.717, 1.165) is 22.2 Å². The van der Waals surface area contributed by atoms with Gasteiger partial charge in [0.1, 0.15) is 6.61 Å². The molecule has 8 heteroatoms. The number of hydrogen-bond acceptors (Lipinski definition) is 6. The Morgan fingerprint density at radius 1 is 1.24 bits per heavy atom. The van der Waals surface area contributed by atoms with E-state index in [-0.39, 0.29) is 17.8 Å². The second kappa shape index (κ2) is 9.16. The standard InChI is InChI=1S/C21H17BrN2O4S/c1-3-27-17-9-13(10-18-20(25)24(2)21(26)29-18)8-16(22)19(17)28-12-15-7-5-4-6-14(15)11-23/h4-10H,3,12H2,1-2H3/b18-10-. The molecule has 0 bridgehead atoms. The normalized spacial score (nSPS) is 15.0. The summed E-state index contributed by atoms with van der Waals surface area (Å²) in [5, 5.41) is 8.93. The van der Waals surface area contributed by atoms with Crippen molar-refractivity contribution in [1.29, 1.82) is 5.26 Å². The van der Waals surface area contributed by atoms with E-state index in [1.165, 1.54) is 7.05 Å². The monoisotopic (exact) mass is 472 g/mol. The van der Waals surface area contributed by atoms with Crippen LogP contribution in [0.1, 0.15) is 23.6 Å². The quantitative estimate of drug-likeness (QED) is 0.552. The first-order valence-electron chi connectivity index (χ1n) is 8.73. The molecule has 1 aliphatic rings. The van der Waals surface area contributed by atoms with Crippen LogP contribution < -0.4 is 9.47 Å². The summed E-state index contributed by atoms with van der Waals surface area (Å²) in [6.07, 6.45) is 1.65. The molecule has 0 unspecified atom stereocenters. The number of halogens is 1. The number of nitriles is 1. The fraction of sp³-hybridized carbons (Fsp3) is 0.190. The molecule has 1 fully saturated rings. The Labute approximate surface area is 181 Å². The van der Waals surface area contributed by atoms with Crippen molar-refractivity contribution in [1.82, 2.24) is 4.90 Å². The van der Waals surface area contributed by atoms with E-state index < -0.39 is 0 Å². The van der Waals surface area contributed by atoms with Gasteiger partial charge in [-0.25, -0.2) is 0 Å². The number of hydrogen-bond donors (Lipinski definition) is 0. The van der Waals surface area contributed by atoms with Gasteiger partial charge in [-0.1, -0.05) is 18.2 Å². The highest BCUT2D eigenvalue weighted by Gasteiger charge is 2.31. The summed E-state index contributed by atoms with van der Waals surface area (Å²) in [7, 11) is 1.45. The van der Waals surface area contributed by atoms with Gasteiger partial charge < -0.3 is 9.47 Å². The van der Waals surface area contributed by atoms with Crippen molar-refractivity contribution in [2.24, 2.45) is 0 Å². The molecule has 3 rings (SSSR count). The zero-order valence-electron chi connectivity index (χ0n) is 15.8. The van der Waals surface area contributed by atoms with E-state index in [4.69, 9.17) is 9.47 Å². The molecule has 0 spiro atoms. The SMILES string of the molecule is CCOc1cc(/C=C2\SC(=O)N(C)C2=O)cc(Br)c1OCc1ccccc1C#N. The summed E-state index contributed by atoms with van der Waals surface area (Å²) >= 11 is 4.40. The zero-order valence-corrected chi connectivity index (χ0v) is 18.2. The maximum absolute atomic E-state index is 12.1. The van der Waals surface area contributed by atoms with E-state index in [1.807, 2.05) is 19.1 Å². The first-order valence-corrected chi connectivity index (χ1v) is 10.3. The Kier molecular flexibility index (Phi) is 6.62. The predicted molar refractivity (Wildman–Crippen MR) is 115 cm³/mol. The molecule has 2 aromatic rings. The summed E-state index contributed by atoms with van der Waals surface area (Å²) in [5.41, 5.74) is 2.02. The molecule has 6 nitrogen and oxygen atoms in total. The van der Waals surface area contributed by atoms with Gasteiger partial charge in [0.2, 0.25) is 0 Å². The minimum Gasteiger partial charge on any atom is -0.490 e. The topological polar surface area (TPSA) is 79.6 Å². The molecular formula is C21H17BrN2O4S. The number of likely N-dealkylation sites (N-methyl/N-ethyl adjacent to an activating group) is 1. The smallest absolute Gasteiger partial charge is 0.293 e. The maximum atomic E-state index is 12.1. The van der Waals surface area contributed by atoms with Crippen molar-refractivity contribution < 1.29 is 19.1 Å². The first-order chi connectivity index (χ1) is 13.9. The minimum atomic E-state index is -0.331. The van der Waals surface area contributed by atoms with Crippen LogP contribution >= 0.6 is 27.7 Å². The molecule has 1 heterocycles. The third kappa shape index (κ3) is 4.63. The number of ether oxygens (including phenoxy) is 2. The lowest BCUT2D eigenvalue weighted by atomic mass is 10.1. The average Bonchev–Trinajstić information content (AvgIpc) is 2.94. The van der Waals surface area contributed by atoms with Gasteiger partial charge in [0.05, 0.1) is 27.6 Å². The van der Waals surface area contributed by atoms with Crippen molar-refractivity contribution in [3.63, 3.8) is 0 Å². The molecule has 1 saturated heterocycles. The molecule has 148 valence electrons. The summed E-state index contributed by atoms with van der Waals surface area (Å²) in [6, 6.07) is 12.9. The number of carbonyl (C=O) groups is 2. The lowest BCUT2D eigenvalue weighted by Gasteiger charge is -2.15. The Hall–Kier alpha value is -2.76. The molecule has 2 aromatic carbocycles. The number of benzene rings is 2. The Bertz CT molecular complexity index is 1050. The van der Waals surface area contributed by atoms with Crippen LogP contribution in [0.2, 0.25) is 0 Å². The van der Waals surface area contributed by atoms with Crippen LogP contribution in [-0.2, 0) is 11.4 Å². The number of carbonyl (C=O) groups excluding carboxylic acids is 2. The first kappa shape index (κ1) is 21.0. The summed E-state index contributed by atoms with van der Waals surface area (Å²) in [4.78, 5) is 25.3. The van der Waals surface area contributed by atoms with Gasteiger partial charge in [0.15, 0.2) is 11.5 Å². The molecular weight excluding hydrogens is 456 g/mol. The van der Waals surface area contributed by atoms with Gasteiger partial charge in [0, 0.05) is 12.6 Å². The highest BCUT2D eigenvalue weighted by molar-refractivity contribution is 9.10. The lowest BCUT2D eigenvalue weighted by Crippen LogP contribution is -2.22. The van der Waals surface area contributed by atoms with Crippen molar-refractivity contribution in [2.45, 2.75) is 13.5 Å². The molecule has 0 N–H and O–H groups in total. The Balaban J connectivity index is 1.90. The van der Waals surface area contributed by atoms with Crippen LogP contribution in [0.25, 0.3) is 6.08 Å². The largest absolute Gasteiger partial charge is 0.490 e. The van der Waals surface area contributed by atoms with Gasteiger partial charge in [-0.15, -0.1) is 0 Å². The molecule has 0 saturated carbocycles. The van der Waals surface area contributed by atoms with Crippen molar-refractivity contribution in [3.8, 4) is 17.6 Å². The minimum absolute atomic E-state index is 0.205. The van der Waals surface area contributed by atoms with Gasteiger partial charge in [-0.05, 0) is 64.5 Å². The van der Waals surface area contributed by atoms with Crippen LogP contribution in [-0.4, -0.2) is 29.7 Å². The fourth-order valence-corrected chi connectivity index (χ4v) is 4.08. The lowest BCUT2D eigenvalue weighted by molar-refractivity contribution is -0.121. The van der Waals surface area contributed by atoms with Crippen LogP contribution in [0.4, 0.5) is 4.79 Å². The molecule has 0 atom stereocenters. The molecule has 0 radical (unpaired) electrons. The van der Waals surface area contributed by atoms with Gasteiger partial charge in [-0.3, -0.25) is 14.5 Å². The van der Waals surface area contributed by atoms with E-state index >= 15 is 0 Å². The zero-order chi connectivity index (χ0) is 21.0. The van der Waals surface area contributed by atoms with Gasteiger partial charge >= 0.3 is 0 Å². The van der Waals surface area contributed by atoms with Crippen molar-refractivity contribution >= 4 is 44.9 Å². The van der Waals surface area contributed by atoms with Crippen molar-refractivity contribution in [3.05, 3.63) is 62.5 Å². The Morgan fingerprint density at radius 3 is 2.66 bits per heavy atom. The molecule has 0 aliphatic carbocycles. The van der Waals surface area contributed by atoms with Gasteiger partial charge in [0.25, 0.3) is 11.1 Å². The number of imide groups is 1. The van der Waals surface area contributed by atoms with Gasteiger partial charge in [-0.2, -0.15) is 5.26 Å². The number of thioether (sulfide) groups is 1. The average molecular weight is 473 g/mol. The third-order valence-corrected chi connectivity index (χ3v) is 5.68. The van der Waals surface area contributed by atoms with E-state index in [9.17, 15) is 14.9 Å². The van der Waals surface area contributed by atoms with E-state index in [0.29, 0.717) is 38.6 Å². The molecule has 1 aliphatic heterocycles. The van der Waals surface area contributed by atoms with Crippen LogP contribution in [0, 0.1) is 11.3 Å². The number of nitrogens with zero attached hydrogens (tertiary/aromatic N) is 2. The van der Waals surface area contributed by atoms with Crippen LogP contribution in [0.15, 0.2) is 45.8 Å². The summed E-state index contributed by atoms with van der Waals surface area (Å²) in [5.74, 6) is 0.668. The van der Waals surface area contributed by atoms with Crippen LogP contribution in [0.3, 0.4) is 0 Å². The number of amides is 2. The highest BCUT2D eigenvalue weighted by Crippen LogP contribution is 2.39. The predicted octanol–water partition coefficient (Wildman–Crippen LogP) is 4.96. The van der Waals surface area contributed by atoms with E-state index in [2.05, 4.69) is 22.0 Å². The second-order valence-electron chi connectivity index (χ2n) is 6.06. The van der Waals surface area contributed by atoms with Crippen LogP contribution in [0.5, 0.6) is 11.5 Å². The summed E-state index contributed by atoms with van der Waals surface area (Å²) < 4.78 is 12.3. The Morgan fingerprint density at radius 2 is 2.00 bits per heavy atom.